The largest absolute Gasteiger partial charge is 0.288 e. The van der Waals surface area contributed by atoms with Gasteiger partial charge >= 0.3 is 0 Å². The summed E-state index contributed by atoms with van der Waals surface area (Å²) >= 11 is 4.74. The van der Waals surface area contributed by atoms with E-state index >= 15 is 0 Å². The number of carbonyl (C=O) groups is 1. The van der Waals surface area contributed by atoms with Gasteiger partial charge in [-0.05, 0) is 28.8 Å². The summed E-state index contributed by atoms with van der Waals surface area (Å²) in [7, 11) is 0. The van der Waals surface area contributed by atoms with Gasteiger partial charge in [0.2, 0.25) is 0 Å². The molecule has 0 aromatic carbocycles. The van der Waals surface area contributed by atoms with Gasteiger partial charge in [-0.1, -0.05) is 0 Å². The minimum Gasteiger partial charge on any atom is -0.273 e. The fourth-order valence-electron chi connectivity index (χ4n) is 1.36. The van der Waals surface area contributed by atoms with E-state index in [9.17, 15) is 4.79 Å². The Morgan fingerprint density at radius 3 is 3.07 bits per heavy atom. The molecule has 0 saturated carbocycles. The Morgan fingerprint density at radius 1 is 1.64 bits per heavy atom. The maximum absolute atomic E-state index is 11.9. The van der Waals surface area contributed by atoms with Crippen molar-refractivity contribution < 1.29 is 4.79 Å². The Balaban J connectivity index is 2.11. The van der Waals surface area contributed by atoms with Gasteiger partial charge in [0.1, 0.15) is 3.79 Å². The molecule has 0 aliphatic carbocycles. The summed E-state index contributed by atoms with van der Waals surface area (Å²) in [4.78, 5) is 15.9. The van der Waals surface area contributed by atoms with Crippen LogP contribution in [0.1, 0.15) is 23.3 Å². The van der Waals surface area contributed by atoms with E-state index < -0.39 is 0 Å². The fraction of sp³-hybridized carbons (Fsp3) is 0.500. The van der Waals surface area contributed by atoms with Gasteiger partial charge in [-0.2, -0.15) is 0 Å². The van der Waals surface area contributed by atoms with Crippen LogP contribution in [0.25, 0.3) is 0 Å². The number of hydrazine groups is 1. The van der Waals surface area contributed by atoms with Crippen LogP contribution in [0, 0.1) is 0 Å². The van der Waals surface area contributed by atoms with Gasteiger partial charge in [0.05, 0.1) is 5.51 Å². The average molecular weight is 276 g/mol. The molecule has 14 heavy (non-hydrogen) atoms. The number of halogens is 1. The first-order valence-corrected chi connectivity index (χ1v) is 6.10. The normalized spacial score (nSPS) is 17.1. The third-order valence-corrected chi connectivity index (χ3v) is 3.63. The Kier molecular flexibility index (Phi) is 3.15. The molecular formula is C8H10BrN3OS. The summed E-state index contributed by atoms with van der Waals surface area (Å²) in [5, 5.41) is 1.64. The van der Waals surface area contributed by atoms with Crippen molar-refractivity contribution in [2.24, 2.45) is 0 Å². The number of aromatic nitrogens is 1. The lowest BCUT2D eigenvalue weighted by Gasteiger charge is -2.26. The fourth-order valence-corrected chi connectivity index (χ4v) is 2.39. The second kappa shape index (κ2) is 4.37. The molecule has 0 bridgehead atoms. The van der Waals surface area contributed by atoms with E-state index in [1.54, 1.807) is 10.5 Å². The number of hydrogen-bond acceptors (Lipinski definition) is 4. The van der Waals surface area contributed by atoms with Gasteiger partial charge in [-0.3, -0.25) is 9.80 Å². The third-order valence-electron chi connectivity index (χ3n) is 2.08. The number of thiazole rings is 1. The van der Waals surface area contributed by atoms with Crippen molar-refractivity contribution >= 4 is 33.2 Å². The van der Waals surface area contributed by atoms with Gasteiger partial charge in [0.25, 0.3) is 5.91 Å². The van der Waals surface area contributed by atoms with E-state index in [0.29, 0.717) is 5.69 Å². The van der Waals surface area contributed by atoms with Crippen molar-refractivity contribution in [3.63, 3.8) is 0 Å². The summed E-state index contributed by atoms with van der Waals surface area (Å²) in [5.41, 5.74) is 5.23. The zero-order chi connectivity index (χ0) is 9.97. The van der Waals surface area contributed by atoms with Gasteiger partial charge < -0.3 is 0 Å². The average Bonchev–Trinajstić information content (AvgIpc) is 2.65. The van der Waals surface area contributed by atoms with E-state index in [2.05, 4.69) is 26.3 Å². The lowest BCUT2D eigenvalue weighted by Crippen LogP contribution is -2.47. The molecule has 1 N–H and O–H groups in total. The molecular weight excluding hydrogens is 266 g/mol. The Morgan fingerprint density at radius 2 is 2.50 bits per heavy atom. The first-order chi connectivity index (χ1) is 6.79. The minimum atomic E-state index is -0.0437. The van der Waals surface area contributed by atoms with Gasteiger partial charge in [0.15, 0.2) is 5.69 Å². The van der Waals surface area contributed by atoms with E-state index in [0.717, 1.165) is 29.7 Å². The first kappa shape index (κ1) is 10.1. The van der Waals surface area contributed by atoms with Crippen LogP contribution in [0.15, 0.2) is 9.30 Å². The zero-order valence-electron chi connectivity index (χ0n) is 7.49. The molecule has 4 nitrogen and oxygen atoms in total. The maximum Gasteiger partial charge on any atom is 0.288 e. The first-order valence-electron chi connectivity index (χ1n) is 4.43. The van der Waals surface area contributed by atoms with Crippen LogP contribution in [0.4, 0.5) is 0 Å². The number of amides is 1. The standard InChI is InChI=1S/C8H10BrN3OS/c9-7-6(10-5-14-7)8(13)12-4-2-1-3-11-12/h5,11H,1-4H2. The van der Waals surface area contributed by atoms with Crippen molar-refractivity contribution in [1.29, 1.82) is 0 Å². The highest BCUT2D eigenvalue weighted by molar-refractivity contribution is 9.11. The number of rotatable bonds is 1. The molecule has 2 heterocycles. The predicted molar refractivity (Wildman–Crippen MR) is 58.1 cm³/mol. The maximum atomic E-state index is 11.9. The lowest BCUT2D eigenvalue weighted by atomic mass is 10.2. The summed E-state index contributed by atoms with van der Waals surface area (Å²) in [6.07, 6.45) is 2.18. The number of nitrogens with one attached hydrogen (secondary N) is 1. The van der Waals surface area contributed by atoms with Crippen LogP contribution in [-0.4, -0.2) is 29.0 Å². The molecule has 1 saturated heterocycles. The monoisotopic (exact) mass is 275 g/mol. The third kappa shape index (κ3) is 1.97. The predicted octanol–water partition coefficient (Wildman–Crippen LogP) is 1.65. The Bertz CT molecular complexity index is 335. The molecule has 0 spiro atoms. The highest BCUT2D eigenvalue weighted by Gasteiger charge is 2.21. The lowest BCUT2D eigenvalue weighted by molar-refractivity contribution is 0.0604. The van der Waals surface area contributed by atoms with E-state index in [1.165, 1.54) is 11.3 Å². The van der Waals surface area contributed by atoms with E-state index in [1.807, 2.05) is 0 Å². The van der Waals surface area contributed by atoms with Crippen LogP contribution in [-0.2, 0) is 0 Å². The molecule has 0 unspecified atom stereocenters. The highest BCUT2D eigenvalue weighted by atomic mass is 79.9. The SMILES string of the molecule is O=C(c1ncsc1Br)N1CCCCN1. The summed E-state index contributed by atoms with van der Waals surface area (Å²) in [6.45, 7) is 1.64. The molecule has 1 aromatic heterocycles. The Hall–Kier alpha value is -0.460. The van der Waals surface area contributed by atoms with Crippen LogP contribution < -0.4 is 5.43 Å². The molecule has 1 aromatic rings. The summed E-state index contributed by atoms with van der Waals surface area (Å²) in [6, 6.07) is 0. The molecule has 2 rings (SSSR count). The molecule has 76 valence electrons. The molecule has 1 fully saturated rings. The summed E-state index contributed by atoms with van der Waals surface area (Å²) in [5.74, 6) is -0.0437. The number of hydrogen-bond donors (Lipinski definition) is 1. The second-order valence-electron chi connectivity index (χ2n) is 3.05. The minimum absolute atomic E-state index is 0.0437. The van der Waals surface area contributed by atoms with Crippen LogP contribution in [0.3, 0.4) is 0 Å². The van der Waals surface area contributed by atoms with Gasteiger partial charge in [0, 0.05) is 13.1 Å². The number of nitrogens with zero attached hydrogens (tertiary/aromatic N) is 2. The second-order valence-corrected chi connectivity index (χ2v) is 5.22. The number of carbonyl (C=O) groups excluding carboxylic acids is 1. The highest BCUT2D eigenvalue weighted by Crippen LogP contribution is 2.21. The molecule has 1 aliphatic heterocycles. The van der Waals surface area contributed by atoms with Gasteiger partial charge in [-0.15, -0.1) is 11.3 Å². The molecule has 1 amide bonds. The molecule has 0 atom stereocenters. The van der Waals surface area contributed by atoms with Crippen molar-refractivity contribution in [3.05, 3.63) is 15.0 Å². The molecule has 6 heteroatoms. The van der Waals surface area contributed by atoms with Crippen molar-refractivity contribution in [1.82, 2.24) is 15.4 Å². The van der Waals surface area contributed by atoms with Crippen LogP contribution in [0.2, 0.25) is 0 Å². The summed E-state index contributed by atoms with van der Waals surface area (Å²) < 4.78 is 0.801. The van der Waals surface area contributed by atoms with Crippen LogP contribution >= 0.6 is 27.3 Å². The zero-order valence-corrected chi connectivity index (χ0v) is 9.90. The molecule has 1 aliphatic rings. The van der Waals surface area contributed by atoms with Crippen molar-refractivity contribution in [2.75, 3.05) is 13.1 Å². The Labute approximate surface area is 94.4 Å². The smallest absolute Gasteiger partial charge is 0.273 e. The van der Waals surface area contributed by atoms with Gasteiger partial charge in [-0.25, -0.2) is 10.4 Å². The molecule has 0 radical (unpaired) electrons. The van der Waals surface area contributed by atoms with Crippen molar-refractivity contribution in [2.45, 2.75) is 12.8 Å². The van der Waals surface area contributed by atoms with E-state index in [4.69, 9.17) is 0 Å². The van der Waals surface area contributed by atoms with Crippen LogP contribution in [0.5, 0.6) is 0 Å². The quantitative estimate of drug-likeness (QED) is 0.848. The van der Waals surface area contributed by atoms with E-state index in [-0.39, 0.29) is 5.91 Å². The van der Waals surface area contributed by atoms with Crippen molar-refractivity contribution in [3.8, 4) is 0 Å². The topological polar surface area (TPSA) is 45.2 Å².